The van der Waals surface area contributed by atoms with Crippen molar-refractivity contribution in [2.75, 3.05) is 25.1 Å². The zero-order chi connectivity index (χ0) is 14.7. The molecule has 1 saturated heterocycles. The second-order valence-corrected chi connectivity index (χ2v) is 5.20. The molecule has 0 amide bonds. The van der Waals surface area contributed by atoms with Crippen molar-refractivity contribution >= 4 is 11.4 Å². The molecule has 2 rings (SSSR count). The van der Waals surface area contributed by atoms with E-state index in [9.17, 15) is 15.2 Å². The van der Waals surface area contributed by atoms with Crippen molar-refractivity contribution in [3.63, 3.8) is 0 Å². The van der Waals surface area contributed by atoms with Crippen LogP contribution in [0.15, 0.2) is 18.2 Å². The van der Waals surface area contributed by atoms with Gasteiger partial charge in [-0.1, -0.05) is 6.07 Å². The van der Waals surface area contributed by atoms with Crippen molar-refractivity contribution < 1.29 is 14.8 Å². The van der Waals surface area contributed by atoms with Crippen LogP contribution in [0, 0.1) is 10.1 Å². The minimum absolute atomic E-state index is 0.0175. The Morgan fingerprint density at radius 2 is 2.35 bits per heavy atom. The Kier molecular flexibility index (Phi) is 4.57. The number of ether oxygens (including phenoxy) is 1. The third-order valence-electron chi connectivity index (χ3n) is 3.59. The molecule has 6 heteroatoms. The van der Waals surface area contributed by atoms with Gasteiger partial charge in [-0.15, -0.1) is 0 Å². The van der Waals surface area contributed by atoms with Gasteiger partial charge in [0, 0.05) is 26.3 Å². The van der Waals surface area contributed by atoms with E-state index in [1.165, 1.54) is 6.07 Å². The molecule has 1 aromatic carbocycles. The molecule has 2 atom stereocenters. The van der Waals surface area contributed by atoms with Crippen molar-refractivity contribution in [2.45, 2.75) is 32.0 Å². The Labute approximate surface area is 118 Å². The van der Waals surface area contributed by atoms with Crippen LogP contribution >= 0.6 is 0 Å². The molecular weight excluding hydrogens is 260 g/mol. The Hall–Kier alpha value is -1.66. The predicted molar refractivity (Wildman–Crippen MR) is 76.0 cm³/mol. The van der Waals surface area contributed by atoms with Gasteiger partial charge in [-0.3, -0.25) is 10.1 Å². The van der Waals surface area contributed by atoms with Gasteiger partial charge >= 0.3 is 0 Å². The summed E-state index contributed by atoms with van der Waals surface area (Å²) in [5.41, 5.74) is 1.12. The number of anilines is 1. The lowest BCUT2D eigenvalue weighted by Gasteiger charge is -2.23. The van der Waals surface area contributed by atoms with Crippen LogP contribution in [0.3, 0.4) is 0 Å². The van der Waals surface area contributed by atoms with Crippen molar-refractivity contribution in [1.29, 1.82) is 0 Å². The van der Waals surface area contributed by atoms with E-state index in [1.807, 2.05) is 11.9 Å². The first-order valence-electron chi connectivity index (χ1n) is 6.78. The molecular formula is C14H20N2O4. The quantitative estimate of drug-likeness (QED) is 0.661. The number of rotatable bonds is 5. The zero-order valence-electron chi connectivity index (χ0n) is 11.8. The van der Waals surface area contributed by atoms with E-state index in [0.717, 1.165) is 19.4 Å². The standard InChI is InChI=1S/C14H20N2O4/c1-10(17)11-5-6-13(14(8-11)16(18)19)15(2)9-12-4-3-7-20-12/h5-6,8,10,12,17H,3-4,7,9H2,1-2H3/t10-,12?/m0/s1. The smallest absolute Gasteiger partial charge is 0.292 e. The molecule has 1 N–H and O–H groups in total. The summed E-state index contributed by atoms with van der Waals surface area (Å²) >= 11 is 0. The number of hydrogen-bond donors (Lipinski definition) is 1. The summed E-state index contributed by atoms with van der Waals surface area (Å²) in [6.45, 7) is 2.99. The maximum absolute atomic E-state index is 11.2. The fraction of sp³-hybridized carbons (Fsp3) is 0.571. The van der Waals surface area contributed by atoms with Gasteiger partial charge in [0.05, 0.1) is 17.1 Å². The second-order valence-electron chi connectivity index (χ2n) is 5.20. The first-order chi connectivity index (χ1) is 9.49. The third kappa shape index (κ3) is 3.26. The Bertz CT molecular complexity index is 484. The van der Waals surface area contributed by atoms with Crippen LogP contribution in [0.2, 0.25) is 0 Å². The van der Waals surface area contributed by atoms with Gasteiger partial charge in [-0.25, -0.2) is 0 Å². The molecule has 1 unspecified atom stereocenters. The van der Waals surface area contributed by atoms with Gasteiger partial charge in [0.1, 0.15) is 5.69 Å². The van der Waals surface area contributed by atoms with Gasteiger partial charge in [-0.2, -0.15) is 0 Å². The molecule has 0 saturated carbocycles. The summed E-state index contributed by atoms with van der Waals surface area (Å²) in [5, 5.41) is 20.7. The highest BCUT2D eigenvalue weighted by Crippen LogP contribution is 2.31. The molecule has 0 bridgehead atoms. The number of aliphatic hydroxyl groups excluding tert-OH is 1. The summed E-state index contributed by atoms with van der Waals surface area (Å²) in [6.07, 6.45) is 1.45. The van der Waals surface area contributed by atoms with Crippen molar-refractivity contribution in [1.82, 2.24) is 0 Å². The SMILES string of the molecule is C[C@H](O)c1ccc(N(C)CC2CCCO2)c([N+](=O)[O-])c1. The average Bonchev–Trinajstić information content (AvgIpc) is 2.90. The van der Waals surface area contributed by atoms with Gasteiger partial charge in [0.25, 0.3) is 5.69 Å². The molecule has 1 aliphatic heterocycles. The molecule has 0 spiro atoms. The Morgan fingerprint density at radius 3 is 2.90 bits per heavy atom. The molecule has 1 aliphatic rings. The number of benzene rings is 1. The van der Waals surface area contributed by atoms with E-state index in [1.54, 1.807) is 19.1 Å². The summed E-state index contributed by atoms with van der Waals surface area (Å²) in [7, 11) is 1.83. The van der Waals surface area contributed by atoms with E-state index in [-0.39, 0.29) is 11.8 Å². The summed E-state index contributed by atoms with van der Waals surface area (Å²) in [6, 6.07) is 4.85. The summed E-state index contributed by atoms with van der Waals surface area (Å²) < 4.78 is 5.56. The molecule has 20 heavy (non-hydrogen) atoms. The van der Waals surface area contributed by atoms with Crippen molar-refractivity contribution in [3.05, 3.63) is 33.9 Å². The number of likely N-dealkylation sites (N-methyl/N-ethyl adjacent to an activating group) is 1. The number of nitrogens with zero attached hydrogens (tertiary/aromatic N) is 2. The Balaban J connectivity index is 2.22. The molecule has 0 aromatic heterocycles. The monoisotopic (exact) mass is 280 g/mol. The second kappa shape index (κ2) is 6.19. The number of hydrogen-bond acceptors (Lipinski definition) is 5. The lowest BCUT2D eigenvalue weighted by atomic mass is 10.1. The minimum atomic E-state index is -0.716. The van der Waals surface area contributed by atoms with Gasteiger partial charge in [0.15, 0.2) is 0 Å². The van der Waals surface area contributed by atoms with E-state index < -0.39 is 11.0 Å². The number of nitro benzene ring substituents is 1. The molecule has 0 aliphatic carbocycles. The van der Waals surface area contributed by atoms with E-state index in [0.29, 0.717) is 17.8 Å². The van der Waals surface area contributed by atoms with Gasteiger partial charge < -0.3 is 14.7 Å². The highest BCUT2D eigenvalue weighted by Gasteiger charge is 2.23. The van der Waals surface area contributed by atoms with Crippen LogP contribution in [0.5, 0.6) is 0 Å². The lowest BCUT2D eigenvalue weighted by Crippen LogP contribution is -2.29. The van der Waals surface area contributed by atoms with E-state index in [4.69, 9.17) is 4.74 Å². The molecule has 0 radical (unpaired) electrons. The zero-order valence-corrected chi connectivity index (χ0v) is 11.8. The molecule has 1 heterocycles. The number of nitro groups is 1. The van der Waals surface area contributed by atoms with Crippen molar-refractivity contribution in [2.24, 2.45) is 0 Å². The predicted octanol–water partition coefficient (Wildman–Crippen LogP) is 2.26. The number of aliphatic hydroxyl groups is 1. The van der Waals surface area contributed by atoms with Crippen molar-refractivity contribution in [3.8, 4) is 0 Å². The van der Waals surface area contributed by atoms with Crippen LogP contribution in [0.1, 0.15) is 31.4 Å². The van der Waals surface area contributed by atoms with E-state index >= 15 is 0 Å². The Morgan fingerprint density at radius 1 is 1.60 bits per heavy atom. The fourth-order valence-corrected chi connectivity index (χ4v) is 2.46. The summed E-state index contributed by atoms with van der Waals surface area (Å²) in [5.74, 6) is 0. The lowest BCUT2D eigenvalue weighted by molar-refractivity contribution is -0.384. The van der Waals surface area contributed by atoms with Crippen LogP contribution in [-0.4, -0.2) is 36.3 Å². The van der Waals surface area contributed by atoms with Gasteiger partial charge in [0.2, 0.25) is 0 Å². The fourth-order valence-electron chi connectivity index (χ4n) is 2.46. The van der Waals surface area contributed by atoms with Crippen LogP contribution < -0.4 is 4.90 Å². The molecule has 1 fully saturated rings. The van der Waals surface area contributed by atoms with E-state index in [2.05, 4.69) is 0 Å². The topological polar surface area (TPSA) is 75.8 Å². The molecule has 1 aromatic rings. The maximum Gasteiger partial charge on any atom is 0.292 e. The first-order valence-corrected chi connectivity index (χ1v) is 6.78. The minimum Gasteiger partial charge on any atom is -0.389 e. The summed E-state index contributed by atoms with van der Waals surface area (Å²) in [4.78, 5) is 12.6. The first kappa shape index (κ1) is 14.7. The molecule has 6 nitrogen and oxygen atoms in total. The van der Waals surface area contributed by atoms with Crippen LogP contribution in [0.4, 0.5) is 11.4 Å². The molecule has 110 valence electrons. The van der Waals surface area contributed by atoms with Crippen LogP contribution in [0.25, 0.3) is 0 Å². The third-order valence-corrected chi connectivity index (χ3v) is 3.59. The largest absolute Gasteiger partial charge is 0.389 e. The highest BCUT2D eigenvalue weighted by atomic mass is 16.6. The average molecular weight is 280 g/mol. The maximum atomic E-state index is 11.2. The normalized spacial score (nSPS) is 19.9. The highest BCUT2D eigenvalue weighted by molar-refractivity contribution is 5.64. The van der Waals surface area contributed by atoms with Crippen LogP contribution in [-0.2, 0) is 4.74 Å². The van der Waals surface area contributed by atoms with Gasteiger partial charge in [-0.05, 0) is 31.4 Å².